The first-order chi connectivity index (χ1) is 12.8. The maximum Gasteiger partial charge on any atom is 0.311 e. The molecule has 1 amide bonds. The maximum absolute atomic E-state index is 12.4. The van der Waals surface area contributed by atoms with Crippen molar-refractivity contribution in [3.05, 3.63) is 64.7 Å². The van der Waals surface area contributed by atoms with E-state index in [0.29, 0.717) is 5.56 Å². The number of carbonyl (C=O) groups excluding carboxylic acids is 3. The molecular weight excluding hydrogens is 342 g/mol. The van der Waals surface area contributed by atoms with Crippen LogP contribution in [0, 0.1) is 26.7 Å². The van der Waals surface area contributed by atoms with Crippen molar-refractivity contribution < 1.29 is 19.1 Å². The standard InChI is InChI=1S/C22H23NO4/c1-14-5-8-17(9-6-14)20(24)13-27-22(26)18-11-21(25)23(12-18)19-10-15(2)4-7-16(19)3/h4-10,18H,11-13H2,1-3H3/t18-/m1/s1. The zero-order chi connectivity index (χ0) is 19.6. The summed E-state index contributed by atoms with van der Waals surface area (Å²) in [6.07, 6.45) is 0.102. The Morgan fingerprint density at radius 1 is 1.04 bits per heavy atom. The van der Waals surface area contributed by atoms with E-state index in [1.54, 1.807) is 17.0 Å². The lowest BCUT2D eigenvalue weighted by molar-refractivity contribution is -0.147. The van der Waals surface area contributed by atoms with Crippen molar-refractivity contribution in [1.82, 2.24) is 0 Å². The Kier molecular flexibility index (Phi) is 5.40. The van der Waals surface area contributed by atoms with E-state index in [-0.39, 0.29) is 31.3 Å². The number of benzene rings is 2. The molecule has 0 bridgehead atoms. The predicted octanol–water partition coefficient (Wildman–Crippen LogP) is 3.39. The van der Waals surface area contributed by atoms with Crippen LogP contribution in [0.25, 0.3) is 0 Å². The summed E-state index contributed by atoms with van der Waals surface area (Å²) in [6.45, 7) is 5.81. The number of anilines is 1. The Balaban J connectivity index is 1.61. The number of carbonyl (C=O) groups is 3. The highest BCUT2D eigenvalue weighted by molar-refractivity contribution is 6.01. The first-order valence-electron chi connectivity index (χ1n) is 8.99. The largest absolute Gasteiger partial charge is 0.457 e. The van der Waals surface area contributed by atoms with Gasteiger partial charge in [0.05, 0.1) is 5.92 Å². The molecule has 2 aromatic carbocycles. The van der Waals surface area contributed by atoms with Crippen molar-refractivity contribution in [2.45, 2.75) is 27.2 Å². The third-order valence-corrected chi connectivity index (χ3v) is 4.83. The summed E-state index contributed by atoms with van der Waals surface area (Å²) in [5.74, 6) is -1.41. The van der Waals surface area contributed by atoms with Crippen LogP contribution in [0.15, 0.2) is 42.5 Å². The number of hydrogen-bond acceptors (Lipinski definition) is 4. The minimum atomic E-state index is -0.553. The Morgan fingerprint density at radius 3 is 2.41 bits per heavy atom. The van der Waals surface area contributed by atoms with Gasteiger partial charge in [0, 0.05) is 24.2 Å². The maximum atomic E-state index is 12.4. The Bertz CT molecular complexity index is 886. The molecule has 0 spiro atoms. The minimum Gasteiger partial charge on any atom is -0.457 e. The van der Waals surface area contributed by atoms with Crippen LogP contribution in [-0.4, -0.2) is 30.8 Å². The van der Waals surface area contributed by atoms with E-state index in [1.807, 2.05) is 51.1 Å². The lowest BCUT2D eigenvalue weighted by Gasteiger charge is -2.19. The van der Waals surface area contributed by atoms with Gasteiger partial charge in [0.2, 0.25) is 5.91 Å². The van der Waals surface area contributed by atoms with Crippen LogP contribution in [0.2, 0.25) is 0 Å². The minimum absolute atomic E-state index is 0.101. The molecule has 0 aliphatic carbocycles. The summed E-state index contributed by atoms with van der Waals surface area (Å²) in [4.78, 5) is 38.5. The number of nitrogens with zero attached hydrogens (tertiary/aromatic N) is 1. The number of rotatable bonds is 5. The molecule has 0 unspecified atom stereocenters. The zero-order valence-corrected chi connectivity index (χ0v) is 15.8. The van der Waals surface area contributed by atoms with Gasteiger partial charge in [0.25, 0.3) is 0 Å². The van der Waals surface area contributed by atoms with Crippen molar-refractivity contribution in [2.75, 3.05) is 18.1 Å². The highest BCUT2D eigenvalue weighted by Gasteiger charge is 2.36. The van der Waals surface area contributed by atoms with Crippen LogP contribution in [-0.2, 0) is 14.3 Å². The fourth-order valence-corrected chi connectivity index (χ4v) is 3.19. The van der Waals surface area contributed by atoms with Gasteiger partial charge in [-0.15, -0.1) is 0 Å². The lowest BCUT2D eigenvalue weighted by Crippen LogP contribution is -2.27. The number of amides is 1. The molecule has 0 aromatic heterocycles. The number of Topliss-reactive ketones (excluding diaryl/α,β-unsaturated/α-hetero) is 1. The molecule has 5 heteroatoms. The normalized spacial score (nSPS) is 16.5. The van der Waals surface area contributed by atoms with E-state index in [4.69, 9.17) is 4.74 Å². The molecule has 0 saturated carbocycles. The second kappa shape index (κ2) is 7.74. The first kappa shape index (κ1) is 18.8. The first-order valence-corrected chi connectivity index (χ1v) is 8.99. The van der Waals surface area contributed by atoms with Crippen LogP contribution in [0.4, 0.5) is 5.69 Å². The van der Waals surface area contributed by atoms with Crippen LogP contribution in [0.5, 0.6) is 0 Å². The van der Waals surface area contributed by atoms with Crippen LogP contribution < -0.4 is 4.90 Å². The zero-order valence-electron chi connectivity index (χ0n) is 15.8. The van der Waals surface area contributed by atoms with E-state index in [9.17, 15) is 14.4 Å². The molecule has 0 N–H and O–H groups in total. The van der Waals surface area contributed by atoms with E-state index < -0.39 is 11.9 Å². The quantitative estimate of drug-likeness (QED) is 0.602. The number of hydrogen-bond donors (Lipinski definition) is 0. The Labute approximate surface area is 158 Å². The van der Waals surface area contributed by atoms with Gasteiger partial charge in [0.15, 0.2) is 12.4 Å². The van der Waals surface area contributed by atoms with E-state index in [0.717, 1.165) is 22.4 Å². The van der Waals surface area contributed by atoms with Gasteiger partial charge < -0.3 is 9.64 Å². The van der Waals surface area contributed by atoms with Crippen LogP contribution in [0.3, 0.4) is 0 Å². The molecule has 3 rings (SSSR count). The molecule has 1 saturated heterocycles. The average molecular weight is 365 g/mol. The van der Waals surface area contributed by atoms with Crippen molar-refractivity contribution in [2.24, 2.45) is 5.92 Å². The SMILES string of the molecule is Cc1ccc(C(=O)COC(=O)[C@@H]2CC(=O)N(c3cc(C)ccc3C)C2)cc1. The van der Waals surface area contributed by atoms with Crippen molar-refractivity contribution >= 4 is 23.3 Å². The van der Waals surface area contributed by atoms with Crippen molar-refractivity contribution in [3.8, 4) is 0 Å². The average Bonchev–Trinajstić information content (AvgIpc) is 3.03. The highest BCUT2D eigenvalue weighted by atomic mass is 16.5. The van der Waals surface area contributed by atoms with Gasteiger partial charge in [-0.3, -0.25) is 14.4 Å². The summed E-state index contributed by atoms with van der Waals surface area (Å²) in [6, 6.07) is 13.0. The fourth-order valence-electron chi connectivity index (χ4n) is 3.19. The topological polar surface area (TPSA) is 63.7 Å². The molecule has 2 aromatic rings. The monoisotopic (exact) mass is 365 g/mol. The predicted molar refractivity (Wildman–Crippen MR) is 103 cm³/mol. The summed E-state index contributed by atoms with van der Waals surface area (Å²) < 4.78 is 5.19. The van der Waals surface area contributed by atoms with Crippen LogP contribution >= 0.6 is 0 Å². The van der Waals surface area contributed by atoms with Gasteiger partial charge >= 0.3 is 5.97 Å². The van der Waals surface area contributed by atoms with Gasteiger partial charge in [-0.2, -0.15) is 0 Å². The Morgan fingerprint density at radius 2 is 1.70 bits per heavy atom. The number of esters is 1. The van der Waals surface area contributed by atoms with E-state index >= 15 is 0 Å². The Hall–Kier alpha value is -2.95. The molecule has 1 atom stereocenters. The summed E-state index contributed by atoms with van der Waals surface area (Å²) in [5.41, 5.74) is 4.43. The summed E-state index contributed by atoms with van der Waals surface area (Å²) >= 11 is 0. The second-order valence-corrected chi connectivity index (χ2v) is 7.09. The molecule has 27 heavy (non-hydrogen) atoms. The second-order valence-electron chi connectivity index (χ2n) is 7.09. The third-order valence-electron chi connectivity index (χ3n) is 4.83. The summed E-state index contributed by atoms with van der Waals surface area (Å²) in [7, 11) is 0. The van der Waals surface area contributed by atoms with E-state index in [1.165, 1.54) is 0 Å². The molecule has 1 heterocycles. The molecule has 0 radical (unpaired) electrons. The van der Waals surface area contributed by atoms with Gasteiger partial charge in [-0.1, -0.05) is 42.0 Å². The number of aryl methyl sites for hydroxylation is 3. The molecule has 5 nitrogen and oxygen atoms in total. The van der Waals surface area contributed by atoms with E-state index in [2.05, 4.69) is 0 Å². The fraction of sp³-hybridized carbons (Fsp3) is 0.318. The molecule has 1 fully saturated rings. The van der Waals surface area contributed by atoms with Crippen LogP contribution in [0.1, 0.15) is 33.5 Å². The molecule has 140 valence electrons. The summed E-state index contributed by atoms with van der Waals surface area (Å²) in [5, 5.41) is 0. The highest BCUT2D eigenvalue weighted by Crippen LogP contribution is 2.29. The van der Waals surface area contributed by atoms with Gasteiger partial charge in [-0.25, -0.2) is 0 Å². The van der Waals surface area contributed by atoms with Gasteiger partial charge in [0.1, 0.15) is 0 Å². The number of ether oxygens (including phenoxy) is 1. The lowest BCUT2D eigenvalue weighted by atomic mass is 10.1. The van der Waals surface area contributed by atoms with Crippen molar-refractivity contribution in [3.63, 3.8) is 0 Å². The molecule has 1 aliphatic rings. The smallest absolute Gasteiger partial charge is 0.311 e. The number of ketones is 1. The van der Waals surface area contributed by atoms with Gasteiger partial charge in [-0.05, 0) is 38.0 Å². The van der Waals surface area contributed by atoms with Crippen molar-refractivity contribution in [1.29, 1.82) is 0 Å². The molecular formula is C22H23NO4. The third kappa shape index (κ3) is 4.25. The molecule has 1 aliphatic heterocycles.